The molecular formula is C12H11BrF6O2. The zero-order chi connectivity index (χ0) is 16.3. The highest BCUT2D eigenvalue weighted by Crippen LogP contribution is 2.39. The van der Waals surface area contributed by atoms with Crippen molar-refractivity contribution in [1.29, 1.82) is 0 Å². The molecule has 120 valence electrons. The quantitative estimate of drug-likeness (QED) is 0.547. The van der Waals surface area contributed by atoms with E-state index in [4.69, 9.17) is 4.74 Å². The second-order valence-corrected chi connectivity index (χ2v) is 4.66. The molecule has 0 saturated heterocycles. The van der Waals surface area contributed by atoms with Crippen molar-refractivity contribution in [3.8, 4) is 5.75 Å². The molecular weight excluding hydrogens is 370 g/mol. The first-order valence-electron chi connectivity index (χ1n) is 5.58. The highest BCUT2D eigenvalue weighted by molar-refractivity contribution is 9.09. The number of halogens is 7. The zero-order valence-electron chi connectivity index (χ0n) is 10.6. The minimum atomic E-state index is -5.54. The van der Waals surface area contributed by atoms with Gasteiger partial charge in [-0.3, -0.25) is 0 Å². The first kappa shape index (κ1) is 18.1. The van der Waals surface area contributed by atoms with Crippen molar-refractivity contribution in [1.82, 2.24) is 0 Å². The second-order valence-electron chi connectivity index (χ2n) is 4.02. The van der Waals surface area contributed by atoms with Crippen molar-refractivity contribution in [2.45, 2.75) is 24.6 Å². The molecule has 0 spiro atoms. The number of hydrogen-bond donors (Lipinski definition) is 0. The van der Waals surface area contributed by atoms with E-state index in [0.29, 0.717) is 5.75 Å². The molecule has 1 aromatic carbocycles. The molecule has 0 aliphatic heterocycles. The molecule has 0 fully saturated rings. The smallest absolute Gasteiger partial charge is 0.423 e. The third-order valence-electron chi connectivity index (χ3n) is 2.52. The minimum Gasteiger partial charge on any atom is -0.497 e. The number of methoxy groups -OCH3 is 1. The Morgan fingerprint density at radius 2 is 1.48 bits per heavy atom. The SMILES string of the molecule is COc1ccc(C(CBr)OC(C(F)(F)F)C(F)(F)F)cc1. The van der Waals surface area contributed by atoms with Gasteiger partial charge in [0.2, 0.25) is 6.10 Å². The first-order chi connectivity index (χ1) is 9.59. The summed E-state index contributed by atoms with van der Waals surface area (Å²) in [5.74, 6) is 0.426. The summed E-state index contributed by atoms with van der Waals surface area (Å²) in [5, 5.41) is -0.220. The van der Waals surface area contributed by atoms with Gasteiger partial charge in [0.05, 0.1) is 13.2 Å². The lowest BCUT2D eigenvalue weighted by atomic mass is 10.1. The molecule has 0 aliphatic rings. The van der Waals surface area contributed by atoms with Crippen LogP contribution in [0.25, 0.3) is 0 Å². The van der Waals surface area contributed by atoms with E-state index in [0.717, 1.165) is 0 Å². The molecule has 0 N–H and O–H groups in total. The lowest BCUT2D eigenvalue weighted by Gasteiger charge is -2.27. The van der Waals surface area contributed by atoms with Crippen molar-refractivity contribution in [2.24, 2.45) is 0 Å². The van der Waals surface area contributed by atoms with Crippen LogP contribution < -0.4 is 4.74 Å². The van der Waals surface area contributed by atoms with Gasteiger partial charge in [-0.15, -0.1) is 0 Å². The lowest BCUT2D eigenvalue weighted by molar-refractivity contribution is -0.330. The number of benzene rings is 1. The van der Waals surface area contributed by atoms with E-state index in [1.165, 1.54) is 31.4 Å². The standard InChI is InChI=1S/C12H11BrF6O2/c1-20-8-4-2-7(3-5-8)9(6-13)21-10(11(14,15)16)12(17,18)19/h2-5,9-10H,6H2,1H3. The number of alkyl halides is 7. The summed E-state index contributed by atoms with van der Waals surface area (Å²) in [6.07, 6.45) is -16.3. The van der Waals surface area contributed by atoms with E-state index < -0.39 is 24.6 Å². The molecule has 0 amide bonds. The van der Waals surface area contributed by atoms with Crippen LogP contribution in [0.1, 0.15) is 11.7 Å². The maximum Gasteiger partial charge on any atom is 0.423 e. The summed E-state index contributed by atoms with van der Waals surface area (Å²) in [7, 11) is 1.39. The van der Waals surface area contributed by atoms with Crippen LogP contribution in [0.3, 0.4) is 0 Å². The molecule has 1 unspecified atom stereocenters. The molecule has 0 saturated carbocycles. The molecule has 0 heterocycles. The van der Waals surface area contributed by atoms with Crippen LogP contribution in [-0.2, 0) is 4.74 Å². The number of ether oxygens (including phenoxy) is 2. The summed E-state index contributed by atoms with van der Waals surface area (Å²) < 4.78 is 83.9. The largest absolute Gasteiger partial charge is 0.497 e. The molecule has 1 rings (SSSR count). The Balaban J connectivity index is 2.98. The van der Waals surface area contributed by atoms with Crippen molar-refractivity contribution < 1.29 is 35.8 Å². The Hall–Kier alpha value is -0.960. The maximum atomic E-state index is 12.5. The van der Waals surface area contributed by atoms with E-state index in [1.54, 1.807) is 0 Å². The van der Waals surface area contributed by atoms with Crippen molar-refractivity contribution >= 4 is 15.9 Å². The topological polar surface area (TPSA) is 18.5 Å². The minimum absolute atomic E-state index is 0.172. The van der Waals surface area contributed by atoms with Gasteiger partial charge in [-0.25, -0.2) is 0 Å². The van der Waals surface area contributed by atoms with Crippen molar-refractivity contribution in [3.05, 3.63) is 29.8 Å². The van der Waals surface area contributed by atoms with E-state index in [2.05, 4.69) is 20.7 Å². The van der Waals surface area contributed by atoms with Gasteiger partial charge in [-0.2, -0.15) is 26.3 Å². The Morgan fingerprint density at radius 1 is 1.00 bits per heavy atom. The lowest BCUT2D eigenvalue weighted by Crippen LogP contribution is -2.45. The highest BCUT2D eigenvalue weighted by Gasteiger charge is 2.58. The monoisotopic (exact) mass is 380 g/mol. The van der Waals surface area contributed by atoms with Gasteiger partial charge >= 0.3 is 12.4 Å². The summed E-state index contributed by atoms with van der Waals surface area (Å²) in [6.45, 7) is 0. The fourth-order valence-corrected chi connectivity index (χ4v) is 2.05. The molecule has 0 radical (unpaired) electrons. The van der Waals surface area contributed by atoms with E-state index in [9.17, 15) is 26.3 Å². The van der Waals surface area contributed by atoms with Crippen LogP contribution in [0.5, 0.6) is 5.75 Å². The predicted molar refractivity (Wildman–Crippen MR) is 66.5 cm³/mol. The molecule has 1 aromatic rings. The van der Waals surface area contributed by atoms with Gasteiger partial charge in [-0.1, -0.05) is 28.1 Å². The average Bonchev–Trinajstić information content (AvgIpc) is 2.37. The summed E-state index contributed by atoms with van der Waals surface area (Å²) in [4.78, 5) is 0. The van der Waals surface area contributed by atoms with E-state index in [1.807, 2.05) is 0 Å². The maximum absolute atomic E-state index is 12.5. The summed E-state index contributed by atoms with van der Waals surface area (Å²) >= 11 is 2.86. The highest BCUT2D eigenvalue weighted by atomic mass is 79.9. The molecule has 0 bridgehead atoms. The van der Waals surface area contributed by atoms with Gasteiger partial charge in [-0.05, 0) is 17.7 Å². The summed E-state index contributed by atoms with van der Waals surface area (Å²) in [5.41, 5.74) is 0.172. The third-order valence-corrected chi connectivity index (χ3v) is 3.11. The first-order valence-corrected chi connectivity index (χ1v) is 6.70. The fourth-order valence-electron chi connectivity index (χ4n) is 1.53. The Labute approximate surface area is 125 Å². The van der Waals surface area contributed by atoms with Gasteiger partial charge in [0.15, 0.2) is 0 Å². The average molecular weight is 381 g/mol. The van der Waals surface area contributed by atoms with Crippen molar-refractivity contribution in [2.75, 3.05) is 12.4 Å². The number of hydrogen-bond acceptors (Lipinski definition) is 2. The van der Waals surface area contributed by atoms with Crippen LogP contribution in [0.4, 0.5) is 26.3 Å². The van der Waals surface area contributed by atoms with E-state index in [-0.39, 0.29) is 10.9 Å². The Kier molecular flexibility index (Phi) is 5.92. The molecule has 0 aromatic heterocycles. The fraction of sp³-hybridized carbons (Fsp3) is 0.500. The molecule has 2 nitrogen and oxygen atoms in total. The van der Waals surface area contributed by atoms with Crippen molar-refractivity contribution in [3.63, 3.8) is 0 Å². The molecule has 1 atom stereocenters. The van der Waals surface area contributed by atoms with Crippen LogP contribution >= 0.6 is 15.9 Å². The van der Waals surface area contributed by atoms with Crippen LogP contribution in [-0.4, -0.2) is 30.9 Å². The van der Waals surface area contributed by atoms with Gasteiger partial charge in [0, 0.05) is 5.33 Å². The predicted octanol–water partition coefficient (Wildman–Crippen LogP) is 4.64. The molecule has 21 heavy (non-hydrogen) atoms. The van der Waals surface area contributed by atoms with Gasteiger partial charge in [0.1, 0.15) is 5.75 Å². The van der Waals surface area contributed by atoms with Crippen LogP contribution in [0.15, 0.2) is 24.3 Å². The zero-order valence-corrected chi connectivity index (χ0v) is 12.2. The van der Waals surface area contributed by atoms with Gasteiger partial charge in [0.25, 0.3) is 0 Å². The van der Waals surface area contributed by atoms with Crippen LogP contribution in [0, 0.1) is 0 Å². The second kappa shape index (κ2) is 6.87. The van der Waals surface area contributed by atoms with Gasteiger partial charge < -0.3 is 9.47 Å². The van der Waals surface area contributed by atoms with Crippen LogP contribution in [0.2, 0.25) is 0 Å². The summed E-state index contributed by atoms with van der Waals surface area (Å²) in [6, 6.07) is 5.53. The molecule has 0 aliphatic carbocycles. The normalized spacial score (nSPS) is 14.3. The third kappa shape index (κ3) is 5.06. The Bertz CT molecular complexity index is 429. The van der Waals surface area contributed by atoms with E-state index >= 15 is 0 Å². The molecule has 9 heteroatoms. The number of rotatable bonds is 5. The Morgan fingerprint density at radius 3 is 1.81 bits per heavy atom.